The minimum Gasteiger partial charge on any atom is -0.474 e. The van der Waals surface area contributed by atoms with E-state index < -0.39 is 5.97 Å². The van der Waals surface area contributed by atoms with Crippen molar-refractivity contribution in [2.75, 3.05) is 13.6 Å². The Balaban J connectivity index is 2.20. The smallest absolute Gasteiger partial charge is 0.394 e. The zero-order chi connectivity index (χ0) is 10.1. The third-order valence-corrected chi connectivity index (χ3v) is 2.44. The maximum absolute atomic E-state index is 10.5. The monoisotopic (exact) mass is 197 g/mol. The summed E-state index contributed by atoms with van der Waals surface area (Å²) in [5.74, 6) is -1.04. The number of aromatic carboxylic acids is 1. The maximum Gasteiger partial charge on any atom is 0.394 e. The quantitative estimate of drug-likeness (QED) is 0.745. The topological polar surface area (TPSA) is 79.5 Å². The predicted molar refractivity (Wildman–Crippen MR) is 45.9 cm³/mol. The van der Waals surface area contributed by atoms with E-state index in [-0.39, 0.29) is 11.9 Å². The van der Waals surface area contributed by atoms with Gasteiger partial charge in [-0.15, -0.1) is 0 Å². The fourth-order valence-electron chi connectivity index (χ4n) is 1.69. The van der Waals surface area contributed by atoms with E-state index in [4.69, 9.17) is 5.11 Å². The molecule has 76 valence electrons. The highest BCUT2D eigenvalue weighted by molar-refractivity contribution is 5.81. The lowest BCUT2D eigenvalue weighted by molar-refractivity contribution is 0.0643. The maximum atomic E-state index is 10.5. The zero-order valence-electron chi connectivity index (χ0n) is 7.80. The van der Waals surface area contributed by atoms with Crippen molar-refractivity contribution in [2.24, 2.45) is 0 Å². The molecule has 1 fully saturated rings. The normalized spacial score (nSPS) is 22.8. The lowest BCUT2D eigenvalue weighted by atomic mass is 10.2. The molecule has 1 unspecified atom stereocenters. The third kappa shape index (κ3) is 1.48. The first-order valence-electron chi connectivity index (χ1n) is 4.45. The van der Waals surface area contributed by atoms with E-state index >= 15 is 0 Å². The summed E-state index contributed by atoms with van der Waals surface area (Å²) < 4.78 is 4.60. The molecule has 2 rings (SSSR count). The second kappa shape index (κ2) is 3.38. The van der Waals surface area contributed by atoms with Crippen molar-refractivity contribution in [1.82, 2.24) is 15.0 Å². The van der Waals surface area contributed by atoms with E-state index in [1.54, 1.807) is 0 Å². The SMILES string of the molecule is CN1CCCC1c1noc(C(=O)O)n1. The number of carboxylic acids is 1. The lowest BCUT2D eigenvalue weighted by Gasteiger charge is -2.14. The molecule has 1 atom stereocenters. The van der Waals surface area contributed by atoms with Crippen LogP contribution in [0.2, 0.25) is 0 Å². The van der Waals surface area contributed by atoms with Gasteiger partial charge in [0.2, 0.25) is 0 Å². The number of likely N-dealkylation sites (tertiary alicyclic amines) is 1. The molecule has 6 heteroatoms. The van der Waals surface area contributed by atoms with Crippen LogP contribution in [0.4, 0.5) is 0 Å². The van der Waals surface area contributed by atoms with Crippen LogP contribution in [0.5, 0.6) is 0 Å². The van der Waals surface area contributed by atoms with Crippen LogP contribution < -0.4 is 0 Å². The summed E-state index contributed by atoms with van der Waals surface area (Å²) in [5.41, 5.74) is 0. The average Bonchev–Trinajstić information content (AvgIpc) is 2.71. The number of rotatable bonds is 2. The lowest BCUT2D eigenvalue weighted by Crippen LogP contribution is -2.18. The summed E-state index contributed by atoms with van der Waals surface area (Å²) in [5, 5.41) is 12.3. The molecule has 1 N–H and O–H groups in total. The molecule has 0 aliphatic carbocycles. The van der Waals surface area contributed by atoms with Crippen LogP contribution in [0.15, 0.2) is 4.52 Å². The third-order valence-electron chi connectivity index (χ3n) is 2.44. The van der Waals surface area contributed by atoms with Gasteiger partial charge in [-0.25, -0.2) is 4.79 Å². The standard InChI is InChI=1S/C8H11N3O3/c1-11-4-2-3-5(11)6-9-7(8(12)13)14-10-6/h5H,2-4H2,1H3,(H,12,13). The molecule has 1 aromatic rings. The molecule has 14 heavy (non-hydrogen) atoms. The number of carbonyl (C=O) groups is 1. The van der Waals surface area contributed by atoms with Crippen molar-refractivity contribution in [3.63, 3.8) is 0 Å². The van der Waals surface area contributed by atoms with E-state index in [0.29, 0.717) is 5.82 Å². The highest BCUT2D eigenvalue weighted by Gasteiger charge is 2.28. The van der Waals surface area contributed by atoms with Crippen molar-refractivity contribution in [1.29, 1.82) is 0 Å². The molecule has 0 saturated carbocycles. The fraction of sp³-hybridized carbons (Fsp3) is 0.625. The Labute approximate surface area is 80.5 Å². The highest BCUT2D eigenvalue weighted by Crippen LogP contribution is 2.27. The molecule has 0 spiro atoms. The second-order valence-electron chi connectivity index (χ2n) is 3.40. The second-order valence-corrected chi connectivity index (χ2v) is 3.40. The Morgan fingerprint density at radius 1 is 1.71 bits per heavy atom. The van der Waals surface area contributed by atoms with E-state index in [1.165, 1.54) is 0 Å². The van der Waals surface area contributed by atoms with Crippen LogP contribution in [-0.4, -0.2) is 39.7 Å². The fourth-order valence-corrected chi connectivity index (χ4v) is 1.69. The van der Waals surface area contributed by atoms with Gasteiger partial charge < -0.3 is 9.63 Å². The first kappa shape index (κ1) is 9.14. The number of nitrogens with zero attached hydrogens (tertiary/aromatic N) is 3. The largest absolute Gasteiger partial charge is 0.474 e. The predicted octanol–water partition coefficient (Wildman–Crippen LogP) is 0.534. The van der Waals surface area contributed by atoms with E-state index in [0.717, 1.165) is 19.4 Å². The van der Waals surface area contributed by atoms with Gasteiger partial charge in [-0.3, -0.25) is 4.90 Å². The highest BCUT2D eigenvalue weighted by atomic mass is 16.5. The summed E-state index contributed by atoms with van der Waals surface area (Å²) in [4.78, 5) is 16.4. The molecule has 1 aliphatic rings. The van der Waals surface area contributed by atoms with Gasteiger partial charge in [0, 0.05) is 0 Å². The van der Waals surface area contributed by atoms with E-state index in [2.05, 4.69) is 19.6 Å². The minimum atomic E-state index is -1.18. The Kier molecular flexibility index (Phi) is 2.20. The van der Waals surface area contributed by atoms with Gasteiger partial charge in [0.25, 0.3) is 0 Å². The van der Waals surface area contributed by atoms with E-state index in [1.807, 2.05) is 7.05 Å². The summed E-state index contributed by atoms with van der Waals surface area (Å²) in [7, 11) is 1.97. The molecule has 6 nitrogen and oxygen atoms in total. The number of carboxylic acid groups (broad SMARTS) is 1. The van der Waals surface area contributed by atoms with Crippen molar-refractivity contribution < 1.29 is 14.4 Å². The Morgan fingerprint density at radius 2 is 2.50 bits per heavy atom. The first-order chi connectivity index (χ1) is 6.68. The molecule has 1 aromatic heterocycles. The summed E-state index contributed by atoms with van der Waals surface area (Å²) in [6.45, 7) is 0.988. The number of hydrogen-bond acceptors (Lipinski definition) is 5. The number of aromatic nitrogens is 2. The molecule has 0 amide bonds. The van der Waals surface area contributed by atoms with Gasteiger partial charge in [0.15, 0.2) is 5.82 Å². The summed E-state index contributed by atoms with van der Waals surface area (Å²) in [6, 6.07) is 0.104. The molecule has 0 aromatic carbocycles. The number of hydrogen-bond donors (Lipinski definition) is 1. The average molecular weight is 197 g/mol. The molecule has 2 heterocycles. The van der Waals surface area contributed by atoms with Crippen LogP contribution in [0.25, 0.3) is 0 Å². The molecule has 0 bridgehead atoms. The van der Waals surface area contributed by atoms with Crippen molar-refractivity contribution in [2.45, 2.75) is 18.9 Å². The van der Waals surface area contributed by atoms with Crippen molar-refractivity contribution in [3.8, 4) is 0 Å². The summed E-state index contributed by atoms with van der Waals surface area (Å²) >= 11 is 0. The molecular formula is C8H11N3O3. The van der Waals surface area contributed by atoms with E-state index in [9.17, 15) is 4.79 Å². The first-order valence-corrected chi connectivity index (χ1v) is 4.45. The molecule has 1 aliphatic heterocycles. The van der Waals surface area contributed by atoms with Gasteiger partial charge in [0.1, 0.15) is 0 Å². The van der Waals surface area contributed by atoms with Crippen LogP contribution >= 0.6 is 0 Å². The van der Waals surface area contributed by atoms with Crippen LogP contribution in [0, 0.1) is 0 Å². The molecular weight excluding hydrogens is 186 g/mol. The van der Waals surface area contributed by atoms with Gasteiger partial charge in [-0.1, -0.05) is 5.16 Å². The Bertz CT molecular complexity index is 349. The van der Waals surface area contributed by atoms with Crippen molar-refractivity contribution in [3.05, 3.63) is 11.7 Å². The Morgan fingerprint density at radius 3 is 3.00 bits per heavy atom. The molecule has 1 saturated heterocycles. The summed E-state index contributed by atoms with van der Waals surface area (Å²) in [6.07, 6.45) is 2.03. The van der Waals surface area contributed by atoms with Crippen LogP contribution in [0.3, 0.4) is 0 Å². The van der Waals surface area contributed by atoms with Gasteiger partial charge in [0.05, 0.1) is 6.04 Å². The van der Waals surface area contributed by atoms with Crippen molar-refractivity contribution >= 4 is 5.97 Å². The minimum absolute atomic E-state index is 0.104. The zero-order valence-corrected chi connectivity index (χ0v) is 7.80. The Hall–Kier alpha value is -1.43. The molecule has 0 radical (unpaired) electrons. The van der Waals surface area contributed by atoms with Gasteiger partial charge in [-0.2, -0.15) is 4.98 Å². The van der Waals surface area contributed by atoms with Crippen LogP contribution in [0.1, 0.15) is 35.4 Å². The van der Waals surface area contributed by atoms with Gasteiger partial charge in [-0.05, 0) is 26.4 Å². The van der Waals surface area contributed by atoms with Gasteiger partial charge >= 0.3 is 11.9 Å². The van der Waals surface area contributed by atoms with Crippen LogP contribution in [-0.2, 0) is 0 Å².